The number of anilines is 1. The van der Waals surface area contributed by atoms with E-state index in [1.165, 1.54) is 6.07 Å². The van der Waals surface area contributed by atoms with Crippen molar-refractivity contribution in [2.45, 2.75) is 11.0 Å². The molecule has 2 aromatic rings. The number of para-hydroxylation sites is 2. The van der Waals surface area contributed by atoms with Gasteiger partial charge >= 0.3 is 0 Å². The lowest BCUT2D eigenvalue weighted by atomic mass is 10.3. The van der Waals surface area contributed by atoms with E-state index in [4.69, 9.17) is 4.74 Å². The minimum absolute atomic E-state index is 0.0371. The maximum absolute atomic E-state index is 13.4. The molecule has 0 saturated carbocycles. The molecule has 1 atom stereocenters. The Morgan fingerprint density at radius 2 is 1.90 bits per heavy atom. The van der Waals surface area contributed by atoms with Crippen molar-refractivity contribution in [3.8, 4) is 5.75 Å². The van der Waals surface area contributed by atoms with E-state index in [2.05, 4.69) is 5.32 Å². The highest BCUT2D eigenvalue weighted by Crippen LogP contribution is 2.24. The minimum Gasteiger partial charge on any atom is -0.488 e. The number of thioether (sulfide) groups is 1. The van der Waals surface area contributed by atoms with Crippen LogP contribution in [0.4, 0.5) is 10.1 Å². The first-order valence-electron chi connectivity index (χ1n) is 6.63. The van der Waals surface area contributed by atoms with Crippen LogP contribution >= 0.6 is 11.8 Å². The van der Waals surface area contributed by atoms with Gasteiger partial charge in [-0.2, -0.15) is 0 Å². The number of hydrogen-bond acceptors (Lipinski definition) is 4. The van der Waals surface area contributed by atoms with Gasteiger partial charge in [0, 0.05) is 17.1 Å². The van der Waals surface area contributed by atoms with Gasteiger partial charge in [0.15, 0.2) is 11.6 Å². The Kier molecular flexibility index (Phi) is 5.90. The van der Waals surface area contributed by atoms with Crippen molar-refractivity contribution in [3.05, 3.63) is 54.3 Å². The summed E-state index contributed by atoms with van der Waals surface area (Å²) in [6, 6.07) is 14.0. The number of ether oxygens (including phenoxy) is 1. The van der Waals surface area contributed by atoms with Gasteiger partial charge in [-0.15, -0.1) is 11.8 Å². The van der Waals surface area contributed by atoms with Gasteiger partial charge in [0.2, 0.25) is 0 Å². The van der Waals surface area contributed by atoms with Crippen molar-refractivity contribution >= 4 is 17.4 Å². The van der Waals surface area contributed by atoms with E-state index < -0.39 is 11.9 Å². The highest BCUT2D eigenvalue weighted by molar-refractivity contribution is 7.98. The molecule has 2 aromatic carbocycles. The van der Waals surface area contributed by atoms with Gasteiger partial charge in [-0.3, -0.25) is 0 Å². The highest BCUT2D eigenvalue weighted by atomic mass is 32.2. The van der Waals surface area contributed by atoms with Crippen molar-refractivity contribution in [3.63, 3.8) is 0 Å². The Bertz CT molecular complexity index is 580. The molecular weight excluding hydrogens is 289 g/mol. The third-order valence-electron chi connectivity index (χ3n) is 2.90. The number of benzene rings is 2. The molecule has 21 heavy (non-hydrogen) atoms. The molecule has 0 fully saturated rings. The molecule has 0 radical (unpaired) electrons. The summed E-state index contributed by atoms with van der Waals surface area (Å²) in [5, 5.41) is 13.1. The third kappa shape index (κ3) is 4.65. The molecule has 0 aromatic heterocycles. The summed E-state index contributed by atoms with van der Waals surface area (Å²) in [4.78, 5) is 1.11. The second kappa shape index (κ2) is 7.90. The maximum atomic E-state index is 13.4. The molecule has 2 rings (SSSR count). The average molecular weight is 307 g/mol. The quantitative estimate of drug-likeness (QED) is 0.769. The van der Waals surface area contributed by atoms with Crippen LogP contribution in [0.5, 0.6) is 5.75 Å². The topological polar surface area (TPSA) is 41.5 Å². The zero-order valence-electron chi connectivity index (χ0n) is 11.8. The minimum atomic E-state index is -0.723. The van der Waals surface area contributed by atoms with E-state index in [1.54, 1.807) is 30.0 Å². The molecule has 3 nitrogen and oxygen atoms in total. The molecule has 0 aliphatic rings. The Morgan fingerprint density at radius 3 is 2.67 bits per heavy atom. The fraction of sp³-hybridized carbons (Fsp3) is 0.250. The van der Waals surface area contributed by atoms with E-state index in [0.717, 1.165) is 10.6 Å². The van der Waals surface area contributed by atoms with Gasteiger partial charge in [-0.25, -0.2) is 4.39 Å². The highest BCUT2D eigenvalue weighted by Gasteiger charge is 2.08. The van der Waals surface area contributed by atoms with E-state index >= 15 is 0 Å². The second-order valence-electron chi connectivity index (χ2n) is 4.48. The van der Waals surface area contributed by atoms with Gasteiger partial charge in [0.05, 0.1) is 0 Å². The number of aliphatic hydroxyl groups is 1. The van der Waals surface area contributed by atoms with E-state index in [9.17, 15) is 9.50 Å². The lowest BCUT2D eigenvalue weighted by Gasteiger charge is -2.15. The van der Waals surface area contributed by atoms with Crippen LogP contribution in [0.15, 0.2) is 53.4 Å². The SMILES string of the molecule is CSc1ccccc1NCC(O)COc1ccccc1F. The molecule has 112 valence electrons. The standard InChI is InChI=1S/C16H18FNO2S/c1-21-16-9-5-3-7-14(16)18-10-12(19)11-20-15-8-4-2-6-13(15)17/h2-9,12,18-19H,10-11H2,1H3. The lowest BCUT2D eigenvalue weighted by Crippen LogP contribution is -2.26. The van der Waals surface area contributed by atoms with Gasteiger partial charge in [-0.1, -0.05) is 24.3 Å². The summed E-state index contributed by atoms with van der Waals surface area (Å²) >= 11 is 1.63. The van der Waals surface area contributed by atoms with Crippen LogP contribution in [-0.4, -0.2) is 30.6 Å². The predicted octanol–water partition coefficient (Wildman–Crippen LogP) is 3.40. The molecule has 0 aliphatic heterocycles. The summed E-state index contributed by atoms with van der Waals surface area (Å²) < 4.78 is 18.6. The van der Waals surface area contributed by atoms with Gasteiger partial charge < -0.3 is 15.2 Å². The molecule has 0 bridgehead atoms. The largest absolute Gasteiger partial charge is 0.488 e. The molecule has 1 unspecified atom stereocenters. The summed E-state index contributed by atoms with van der Waals surface area (Å²) in [6.07, 6.45) is 1.28. The number of rotatable bonds is 7. The zero-order chi connectivity index (χ0) is 15.1. The number of nitrogens with one attached hydrogen (secondary N) is 1. The molecular formula is C16H18FNO2S. The van der Waals surface area contributed by atoms with Gasteiger partial charge in [0.1, 0.15) is 12.7 Å². The first kappa shape index (κ1) is 15.7. The molecule has 5 heteroatoms. The molecule has 0 amide bonds. The van der Waals surface area contributed by atoms with E-state index in [0.29, 0.717) is 6.54 Å². The number of halogens is 1. The van der Waals surface area contributed by atoms with Crippen molar-refractivity contribution in [2.24, 2.45) is 0 Å². The Hall–Kier alpha value is -1.72. The molecule has 0 spiro atoms. The summed E-state index contributed by atoms with van der Waals surface area (Å²) in [5.41, 5.74) is 0.968. The number of aliphatic hydroxyl groups excluding tert-OH is 1. The van der Waals surface area contributed by atoms with Gasteiger partial charge in [0.25, 0.3) is 0 Å². The Morgan fingerprint density at radius 1 is 1.19 bits per heavy atom. The van der Waals surface area contributed by atoms with Crippen molar-refractivity contribution < 1.29 is 14.2 Å². The van der Waals surface area contributed by atoms with Crippen LogP contribution in [0.25, 0.3) is 0 Å². The fourth-order valence-corrected chi connectivity index (χ4v) is 2.40. The second-order valence-corrected chi connectivity index (χ2v) is 5.32. The van der Waals surface area contributed by atoms with Crippen LogP contribution in [0.2, 0.25) is 0 Å². The normalized spacial score (nSPS) is 12.0. The molecule has 0 heterocycles. The maximum Gasteiger partial charge on any atom is 0.165 e. The average Bonchev–Trinajstić information content (AvgIpc) is 2.52. The Balaban J connectivity index is 1.82. The van der Waals surface area contributed by atoms with Gasteiger partial charge in [-0.05, 0) is 30.5 Å². The van der Waals surface area contributed by atoms with E-state index in [-0.39, 0.29) is 12.4 Å². The van der Waals surface area contributed by atoms with Crippen LogP contribution < -0.4 is 10.1 Å². The fourth-order valence-electron chi connectivity index (χ4n) is 1.83. The van der Waals surface area contributed by atoms with Crippen molar-refractivity contribution in [2.75, 3.05) is 24.7 Å². The van der Waals surface area contributed by atoms with Crippen LogP contribution in [-0.2, 0) is 0 Å². The van der Waals surface area contributed by atoms with Crippen LogP contribution in [0, 0.1) is 5.82 Å². The zero-order valence-corrected chi connectivity index (χ0v) is 12.6. The van der Waals surface area contributed by atoms with Crippen molar-refractivity contribution in [1.82, 2.24) is 0 Å². The Labute approximate surface area is 128 Å². The lowest BCUT2D eigenvalue weighted by molar-refractivity contribution is 0.115. The molecule has 2 N–H and O–H groups in total. The first-order valence-corrected chi connectivity index (χ1v) is 7.85. The molecule has 0 aliphatic carbocycles. The van der Waals surface area contributed by atoms with E-state index in [1.807, 2.05) is 30.5 Å². The summed E-state index contributed by atoms with van der Waals surface area (Å²) in [6.45, 7) is 0.376. The summed E-state index contributed by atoms with van der Waals surface area (Å²) in [7, 11) is 0. The van der Waals surface area contributed by atoms with Crippen LogP contribution in [0.1, 0.15) is 0 Å². The predicted molar refractivity (Wildman–Crippen MR) is 84.6 cm³/mol. The smallest absolute Gasteiger partial charge is 0.165 e. The molecule has 0 saturated heterocycles. The van der Waals surface area contributed by atoms with Crippen molar-refractivity contribution in [1.29, 1.82) is 0 Å². The third-order valence-corrected chi connectivity index (χ3v) is 3.70. The first-order chi connectivity index (χ1) is 10.2. The summed E-state index contributed by atoms with van der Waals surface area (Å²) in [5.74, 6) is -0.272. The number of hydrogen-bond donors (Lipinski definition) is 2. The van der Waals surface area contributed by atoms with Crippen LogP contribution in [0.3, 0.4) is 0 Å². The monoisotopic (exact) mass is 307 g/mol.